The van der Waals surface area contributed by atoms with Crippen molar-refractivity contribution in [2.24, 2.45) is 5.92 Å². The molecule has 0 unspecified atom stereocenters. The monoisotopic (exact) mass is 279 g/mol. The highest BCUT2D eigenvalue weighted by Gasteiger charge is 2.40. The van der Waals surface area contributed by atoms with Crippen LogP contribution in [0.25, 0.3) is 0 Å². The molecular weight excluding hydrogens is 258 g/mol. The minimum Gasteiger partial charge on any atom is -0.345 e. The van der Waals surface area contributed by atoms with Crippen molar-refractivity contribution in [1.82, 2.24) is 15.1 Å². The third-order valence-corrected chi connectivity index (χ3v) is 4.68. The molecule has 0 bridgehead atoms. The van der Waals surface area contributed by atoms with Gasteiger partial charge in [-0.25, -0.2) is 0 Å². The van der Waals surface area contributed by atoms with E-state index in [1.807, 2.05) is 0 Å². The summed E-state index contributed by atoms with van der Waals surface area (Å²) in [6, 6.07) is -0.488. The molecule has 2 aliphatic heterocycles. The fourth-order valence-electron chi connectivity index (χ4n) is 3.50. The topological polar surface area (TPSA) is 69.7 Å². The maximum Gasteiger partial charge on any atom is 0.245 e. The largest absolute Gasteiger partial charge is 0.345 e. The Morgan fingerprint density at radius 3 is 2.60 bits per heavy atom. The van der Waals surface area contributed by atoms with Crippen LogP contribution in [0, 0.1) is 5.92 Å². The van der Waals surface area contributed by atoms with Gasteiger partial charge in [0.1, 0.15) is 6.04 Å². The molecule has 1 aliphatic carbocycles. The first-order valence-corrected chi connectivity index (χ1v) is 7.53. The Morgan fingerprint density at radius 1 is 1.10 bits per heavy atom. The normalized spacial score (nSPS) is 28.1. The highest BCUT2D eigenvalue weighted by molar-refractivity contribution is 5.95. The van der Waals surface area contributed by atoms with Gasteiger partial charge in [0, 0.05) is 19.0 Å². The van der Waals surface area contributed by atoms with E-state index in [2.05, 4.69) is 5.32 Å². The molecule has 3 fully saturated rings. The minimum atomic E-state index is -0.488. The molecule has 0 spiro atoms. The molecule has 2 heterocycles. The van der Waals surface area contributed by atoms with Crippen molar-refractivity contribution in [1.29, 1.82) is 0 Å². The van der Waals surface area contributed by atoms with E-state index >= 15 is 0 Å². The van der Waals surface area contributed by atoms with E-state index in [1.165, 1.54) is 6.42 Å². The number of rotatable bonds is 1. The van der Waals surface area contributed by atoms with Gasteiger partial charge >= 0.3 is 0 Å². The van der Waals surface area contributed by atoms with E-state index in [-0.39, 0.29) is 30.2 Å². The average Bonchev–Trinajstić information content (AvgIpc) is 2.51. The highest BCUT2D eigenvalue weighted by Crippen LogP contribution is 2.26. The van der Waals surface area contributed by atoms with Crippen molar-refractivity contribution < 1.29 is 14.4 Å². The van der Waals surface area contributed by atoms with Crippen molar-refractivity contribution >= 4 is 17.7 Å². The molecule has 1 atom stereocenters. The SMILES string of the molecule is O=C1NCC(=O)N2CCN(C(=O)C3CCCCC3)C[C@H]12. The predicted octanol–water partition coefficient (Wildman–Crippen LogP) is -0.264. The summed E-state index contributed by atoms with van der Waals surface area (Å²) in [5.74, 6) is 0.123. The standard InChI is InChI=1S/C14H21N3O3/c18-12-8-15-13(19)11-9-16(6-7-17(11)12)14(20)10-4-2-1-3-5-10/h10-11H,1-9H2,(H,15,19)/t11-/m1/s1. The Bertz CT molecular complexity index is 431. The van der Waals surface area contributed by atoms with Crippen molar-refractivity contribution in [3.63, 3.8) is 0 Å². The van der Waals surface area contributed by atoms with E-state index in [9.17, 15) is 14.4 Å². The smallest absolute Gasteiger partial charge is 0.245 e. The van der Waals surface area contributed by atoms with Crippen LogP contribution >= 0.6 is 0 Å². The number of nitrogens with zero attached hydrogens (tertiary/aromatic N) is 2. The third-order valence-electron chi connectivity index (χ3n) is 4.68. The van der Waals surface area contributed by atoms with Gasteiger partial charge in [-0.1, -0.05) is 19.3 Å². The van der Waals surface area contributed by atoms with Gasteiger partial charge in [-0.15, -0.1) is 0 Å². The van der Waals surface area contributed by atoms with Crippen molar-refractivity contribution in [2.75, 3.05) is 26.2 Å². The summed E-state index contributed by atoms with van der Waals surface area (Å²) >= 11 is 0. The number of piperazine rings is 2. The van der Waals surface area contributed by atoms with Crippen LogP contribution in [0.3, 0.4) is 0 Å². The fourth-order valence-corrected chi connectivity index (χ4v) is 3.50. The van der Waals surface area contributed by atoms with Crippen molar-refractivity contribution in [3.05, 3.63) is 0 Å². The number of carbonyl (C=O) groups is 3. The minimum absolute atomic E-state index is 0.0423. The summed E-state index contributed by atoms with van der Waals surface area (Å²) < 4.78 is 0. The van der Waals surface area contributed by atoms with Gasteiger partial charge < -0.3 is 15.1 Å². The Labute approximate surface area is 118 Å². The second-order valence-corrected chi connectivity index (χ2v) is 5.94. The highest BCUT2D eigenvalue weighted by atomic mass is 16.2. The summed E-state index contributed by atoms with van der Waals surface area (Å²) in [6.45, 7) is 1.49. The molecule has 110 valence electrons. The lowest BCUT2D eigenvalue weighted by Crippen LogP contribution is -2.66. The van der Waals surface area contributed by atoms with Crippen molar-refractivity contribution in [3.8, 4) is 0 Å². The van der Waals surface area contributed by atoms with Crippen LogP contribution in [0.15, 0.2) is 0 Å². The first kappa shape index (κ1) is 13.4. The van der Waals surface area contributed by atoms with E-state index < -0.39 is 6.04 Å². The quantitative estimate of drug-likeness (QED) is 0.719. The predicted molar refractivity (Wildman–Crippen MR) is 71.7 cm³/mol. The number of nitrogens with one attached hydrogen (secondary N) is 1. The van der Waals surface area contributed by atoms with Crippen LogP contribution in [-0.2, 0) is 14.4 Å². The molecule has 6 heteroatoms. The molecule has 3 rings (SSSR count). The number of amides is 3. The fraction of sp³-hybridized carbons (Fsp3) is 0.786. The summed E-state index contributed by atoms with van der Waals surface area (Å²) in [5.41, 5.74) is 0. The number of hydrogen-bond donors (Lipinski definition) is 1. The first-order chi connectivity index (χ1) is 9.66. The van der Waals surface area contributed by atoms with E-state index in [4.69, 9.17) is 0 Å². The van der Waals surface area contributed by atoms with Gasteiger partial charge in [-0.3, -0.25) is 14.4 Å². The maximum atomic E-state index is 12.5. The van der Waals surface area contributed by atoms with Gasteiger partial charge in [-0.2, -0.15) is 0 Å². The van der Waals surface area contributed by atoms with Crippen LogP contribution in [0.5, 0.6) is 0 Å². The Kier molecular flexibility index (Phi) is 3.63. The van der Waals surface area contributed by atoms with E-state index in [0.29, 0.717) is 19.6 Å². The molecule has 6 nitrogen and oxygen atoms in total. The van der Waals surface area contributed by atoms with Gasteiger partial charge in [0.15, 0.2) is 0 Å². The Morgan fingerprint density at radius 2 is 1.85 bits per heavy atom. The number of hydrogen-bond acceptors (Lipinski definition) is 3. The molecule has 0 aromatic carbocycles. The third kappa shape index (κ3) is 2.39. The molecule has 0 aromatic heterocycles. The Hall–Kier alpha value is -1.59. The Balaban J connectivity index is 1.66. The van der Waals surface area contributed by atoms with Crippen LogP contribution in [0.2, 0.25) is 0 Å². The van der Waals surface area contributed by atoms with Crippen LogP contribution in [-0.4, -0.2) is 59.7 Å². The average molecular weight is 279 g/mol. The zero-order valence-electron chi connectivity index (χ0n) is 11.6. The van der Waals surface area contributed by atoms with Crippen LogP contribution in [0.4, 0.5) is 0 Å². The molecule has 1 N–H and O–H groups in total. The molecule has 0 aromatic rings. The molecular formula is C14H21N3O3. The van der Waals surface area contributed by atoms with Crippen LogP contribution < -0.4 is 5.32 Å². The first-order valence-electron chi connectivity index (χ1n) is 7.53. The van der Waals surface area contributed by atoms with Crippen molar-refractivity contribution in [2.45, 2.75) is 38.1 Å². The molecule has 1 saturated carbocycles. The molecule has 2 saturated heterocycles. The van der Waals surface area contributed by atoms with E-state index in [0.717, 1.165) is 25.7 Å². The second-order valence-electron chi connectivity index (χ2n) is 5.94. The van der Waals surface area contributed by atoms with Gasteiger partial charge in [0.2, 0.25) is 17.7 Å². The zero-order chi connectivity index (χ0) is 14.1. The number of carbonyl (C=O) groups excluding carboxylic acids is 3. The van der Waals surface area contributed by atoms with Crippen LogP contribution in [0.1, 0.15) is 32.1 Å². The lowest BCUT2D eigenvalue weighted by atomic mass is 9.88. The molecule has 3 aliphatic rings. The summed E-state index contributed by atoms with van der Waals surface area (Å²) in [4.78, 5) is 39.5. The molecule has 0 radical (unpaired) electrons. The maximum absolute atomic E-state index is 12.5. The lowest BCUT2D eigenvalue weighted by molar-refractivity contribution is -0.154. The molecule has 20 heavy (non-hydrogen) atoms. The second kappa shape index (κ2) is 5.42. The molecule has 3 amide bonds. The summed E-state index contributed by atoms with van der Waals surface area (Å²) in [6.07, 6.45) is 5.40. The number of fused-ring (bicyclic) bond motifs is 1. The summed E-state index contributed by atoms with van der Waals surface area (Å²) in [7, 11) is 0. The van der Waals surface area contributed by atoms with E-state index in [1.54, 1.807) is 9.80 Å². The van der Waals surface area contributed by atoms with Gasteiger partial charge in [0.25, 0.3) is 0 Å². The lowest BCUT2D eigenvalue weighted by Gasteiger charge is -2.43. The van der Waals surface area contributed by atoms with Gasteiger partial charge in [0.05, 0.1) is 13.1 Å². The summed E-state index contributed by atoms with van der Waals surface area (Å²) in [5, 5.41) is 2.60. The van der Waals surface area contributed by atoms with Gasteiger partial charge in [-0.05, 0) is 12.8 Å². The zero-order valence-corrected chi connectivity index (χ0v) is 11.6.